The van der Waals surface area contributed by atoms with Gasteiger partial charge in [-0.1, -0.05) is 49.7 Å². The van der Waals surface area contributed by atoms with Crippen LogP contribution < -0.4 is 0 Å². The Morgan fingerprint density at radius 1 is 1.03 bits per heavy atom. The maximum absolute atomic E-state index is 14.6. The molecule has 3 rings (SSSR count). The smallest absolute Gasteiger partial charge is 0.130 e. The maximum atomic E-state index is 14.6. The summed E-state index contributed by atoms with van der Waals surface area (Å²) in [6, 6.07) is 16.6. The first-order valence-corrected chi connectivity index (χ1v) is 10.7. The van der Waals surface area contributed by atoms with Crippen LogP contribution in [0.1, 0.15) is 56.6 Å². The predicted octanol–water partition coefficient (Wildman–Crippen LogP) is 6.22. The van der Waals surface area contributed by atoms with E-state index in [1.807, 2.05) is 18.2 Å². The Balaban J connectivity index is 1.75. The van der Waals surface area contributed by atoms with Crippen LogP contribution in [0.2, 0.25) is 0 Å². The lowest BCUT2D eigenvalue weighted by Gasteiger charge is -2.41. The summed E-state index contributed by atoms with van der Waals surface area (Å²) in [5.41, 5.74) is 0.169. The molecule has 2 aromatic rings. The first kappa shape index (κ1) is 21.5. The molecule has 1 aliphatic rings. The molecule has 29 heavy (non-hydrogen) atoms. The van der Waals surface area contributed by atoms with E-state index >= 15 is 0 Å². The van der Waals surface area contributed by atoms with Crippen LogP contribution in [0.5, 0.6) is 0 Å². The molecule has 0 spiro atoms. The highest BCUT2D eigenvalue weighted by atomic mass is 19.1. The molecular weight excluding hydrogens is 366 g/mol. The van der Waals surface area contributed by atoms with Crippen LogP contribution in [0.4, 0.5) is 8.78 Å². The fraction of sp³-hybridized carbons (Fsp3) is 0.480. The van der Waals surface area contributed by atoms with Crippen LogP contribution in [-0.2, 0) is 12.0 Å². The molecule has 0 bridgehead atoms. The van der Waals surface area contributed by atoms with Gasteiger partial charge in [-0.3, -0.25) is 4.90 Å². The molecule has 0 saturated heterocycles. The molecule has 1 fully saturated rings. The minimum Gasteiger partial charge on any atom is -0.299 e. The van der Waals surface area contributed by atoms with Gasteiger partial charge in [0.05, 0.1) is 11.5 Å². The van der Waals surface area contributed by atoms with E-state index in [-0.39, 0.29) is 11.5 Å². The van der Waals surface area contributed by atoms with Crippen molar-refractivity contribution in [2.24, 2.45) is 5.92 Å². The molecule has 1 unspecified atom stereocenters. The number of nitrogens with zero attached hydrogens (tertiary/aromatic N) is 2. The van der Waals surface area contributed by atoms with Gasteiger partial charge in [0.2, 0.25) is 0 Å². The molecule has 0 radical (unpaired) electrons. The van der Waals surface area contributed by atoms with E-state index in [1.165, 1.54) is 23.8 Å². The SMILES string of the molecule is CCCN(CCCC(C#N)(c1c(F)cccc1F)C1CCC1)Cc1ccccc1. The van der Waals surface area contributed by atoms with Crippen molar-refractivity contribution in [1.29, 1.82) is 5.26 Å². The molecule has 2 nitrogen and oxygen atoms in total. The van der Waals surface area contributed by atoms with Crippen LogP contribution in [0.15, 0.2) is 48.5 Å². The van der Waals surface area contributed by atoms with Gasteiger partial charge in [0.15, 0.2) is 0 Å². The summed E-state index contributed by atoms with van der Waals surface area (Å²) in [6.07, 6.45) is 5.03. The van der Waals surface area contributed by atoms with Crippen molar-refractivity contribution in [2.75, 3.05) is 13.1 Å². The fourth-order valence-corrected chi connectivity index (χ4v) is 4.57. The Kier molecular flexibility index (Phi) is 7.39. The number of nitriles is 1. The first-order valence-electron chi connectivity index (χ1n) is 10.7. The lowest BCUT2D eigenvalue weighted by Crippen LogP contribution is -2.40. The number of benzene rings is 2. The summed E-state index contributed by atoms with van der Waals surface area (Å²) in [4.78, 5) is 2.37. The lowest BCUT2D eigenvalue weighted by atomic mass is 9.60. The van der Waals surface area contributed by atoms with E-state index in [2.05, 4.69) is 30.0 Å². The zero-order valence-corrected chi connectivity index (χ0v) is 17.2. The summed E-state index contributed by atoms with van der Waals surface area (Å²) in [5.74, 6) is -1.14. The summed E-state index contributed by atoms with van der Waals surface area (Å²) in [7, 11) is 0. The third-order valence-corrected chi connectivity index (χ3v) is 6.24. The molecule has 4 heteroatoms. The van der Waals surface area contributed by atoms with Crippen LogP contribution in [0.3, 0.4) is 0 Å². The van der Waals surface area contributed by atoms with E-state index < -0.39 is 17.0 Å². The zero-order valence-electron chi connectivity index (χ0n) is 17.2. The second-order valence-corrected chi connectivity index (χ2v) is 8.17. The molecule has 0 heterocycles. The van der Waals surface area contributed by atoms with E-state index in [1.54, 1.807) is 0 Å². The zero-order chi connectivity index (χ0) is 20.7. The Morgan fingerprint density at radius 3 is 2.28 bits per heavy atom. The minimum atomic E-state index is -1.07. The average molecular weight is 397 g/mol. The summed E-state index contributed by atoms with van der Waals surface area (Å²) in [6.45, 7) is 4.78. The van der Waals surface area contributed by atoms with Gasteiger partial charge in [0, 0.05) is 12.1 Å². The van der Waals surface area contributed by atoms with Crippen LogP contribution in [-0.4, -0.2) is 18.0 Å². The number of hydrogen-bond acceptors (Lipinski definition) is 2. The standard InChI is InChI=1S/C25H30F2N2/c1-2-16-29(18-20-9-4-3-5-10-20)17-8-15-25(19-28,21-11-6-12-21)24-22(26)13-7-14-23(24)27/h3-5,7,9-10,13-14,21H,2,6,8,11-12,15-18H2,1H3. The van der Waals surface area contributed by atoms with E-state index in [4.69, 9.17) is 0 Å². The molecular formula is C25H30F2N2. The first-order chi connectivity index (χ1) is 14.1. The predicted molar refractivity (Wildman–Crippen MR) is 112 cm³/mol. The topological polar surface area (TPSA) is 27.0 Å². The molecule has 1 aliphatic carbocycles. The molecule has 1 saturated carbocycles. The summed E-state index contributed by atoms with van der Waals surface area (Å²) >= 11 is 0. The lowest BCUT2D eigenvalue weighted by molar-refractivity contribution is 0.175. The third kappa shape index (κ3) is 4.85. The van der Waals surface area contributed by atoms with Crippen molar-refractivity contribution in [3.63, 3.8) is 0 Å². The van der Waals surface area contributed by atoms with Gasteiger partial charge in [-0.05, 0) is 68.8 Å². The monoisotopic (exact) mass is 396 g/mol. The quantitative estimate of drug-likeness (QED) is 0.477. The fourth-order valence-electron chi connectivity index (χ4n) is 4.57. The van der Waals surface area contributed by atoms with E-state index in [9.17, 15) is 14.0 Å². The Labute approximate surface area is 173 Å². The Hall–Kier alpha value is -2.25. The van der Waals surface area contributed by atoms with Crippen molar-refractivity contribution in [1.82, 2.24) is 4.90 Å². The minimum absolute atomic E-state index is 0.0164. The Bertz CT molecular complexity index is 806. The number of hydrogen-bond donors (Lipinski definition) is 0. The van der Waals surface area contributed by atoms with Crippen molar-refractivity contribution in [3.8, 4) is 6.07 Å². The maximum Gasteiger partial charge on any atom is 0.130 e. The highest BCUT2D eigenvalue weighted by Crippen LogP contribution is 2.48. The van der Waals surface area contributed by atoms with Crippen LogP contribution in [0.25, 0.3) is 0 Å². The van der Waals surface area contributed by atoms with Gasteiger partial charge in [-0.15, -0.1) is 0 Å². The van der Waals surface area contributed by atoms with Gasteiger partial charge in [-0.2, -0.15) is 5.26 Å². The van der Waals surface area contributed by atoms with Gasteiger partial charge in [-0.25, -0.2) is 8.78 Å². The highest BCUT2D eigenvalue weighted by molar-refractivity contribution is 5.37. The van der Waals surface area contributed by atoms with Gasteiger partial charge in [0.25, 0.3) is 0 Å². The van der Waals surface area contributed by atoms with Crippen molar-refractivity contribution in [2.45, 2.75) is 57.4 Å². The van der Waals surface area contributed by atoms with Gasteiger partial charge in [0.1, 0.15) is 11.6 Å². The Morgan fingerprint density at radius 2 is 1.72 bits per heavy atom. The molecule has 0 aromatic heterocycles. The number of rotatable bonds is 10. The third-order valence-electron chi connectivity index (χ3n) is 6.24. The largest absolute Gasteiger partial charge is 0.299 e. The van der Waals surface area contributed by atoms with Crippen LogP contribution >= 0.6 is 0 Å². The van der Waals surface area contributed by atoms with Crippen molar-refractivity contribution < 1.29 is 8.78 Å². The average Bonchev–Trinajstić information content (AvgIpc) is 2.67. The normalized spacial score (nSPS) is 16.2. The molecule has 1 atom stereocenters. The molecule has 0 amide bonds. The summed E-state index contributed by atoms with van der Waals surface area (Å²) in [5, 5.41) is 10.1. The second kappa shape index (κ2) is 9.98. The van der Waals surface area contributed by atoms with Crippen LogP contribution in [0, 0.1) is 28.9 Å². The van der Waals surface area contributed by atoms with Crippen molar-refractivity contribution in [3.05, 3.63) is 71.3 Å². The van der Waals surface area contributed by atoms with Gasteiger partial charge < -0.3 is 0 Å². The van der Waals surface area contributed by atoms with Gasteiger partial charge >= 0.3 is 0 Å². The molecule has 154 valence electrons. The highest BCUT2D eigenvalue weighted by Gasteiger charge is 2.46. The molecule has 0 N–H and O–H groups in total. The van der Waals surface area contributed by atoms with E-state index in [0.29, 0.717) is 6.42 Å². The number of halogens is 2. The molecule has 2 aromatic carbocycles. The van der Waals surface area contributed by atoms with E-state index in [0.717, 1.165) is 51.7 Å². The second-order valence-electron chi connectivity index (χ2n) is 8.17. The summed E-state index contributed by atoms with van der Waals surface area (Å²) < 4.78 is 29.3. The van der Waals surface area contributed by atoms with Crippen molar-refractivity contribution >= 4 is 0 Å². The molecule has 0 aliphatic heterocycles.